The summed E-state index contributed by atoms with van der Waals surface area (Å²) >= 11 is 0. The Kier molecular flexibility index (Phi) is 10.1. The van der Waals surface area contributed by atoms with Crippen LogP contribution >= 0.6 is 7.26 Å². The predicted octanol–water partition coefficient (Wildman–Crippen LogP) is 5.16. The average Bonchev–Trinajstić information content (AvgIpc) is 2.68. The third-order valence-electron chi connectivity index (χ3n) is 4.79. The largest absolute Gasteiger partial charge is 2.00 e. The molecule has 0 aliphatic heterocycles. The second-order valence-electron chi connectivity index (χ2n) is 6.84. The van der Waals surface area contributed by atoms with Gasteiger partial charge < -0.3 is 5.11 Å². The van der Waals surface area contributed by atoms with E-state index < -0.39 is 13.2 Å². The normalized spacial score (nSPS) is 10.1. The number of allylic oxidation sites excluding steroid dienone is 1. The van der Waals surface area contributed by atoms with E-state index in [1.165, 1.54) is 6.08 Å². The molecule has 3 rings (SSSR count). The van der Waals surface area contributed by atoms with Gasteiger partial charge in [-0.05, 0) is 55.7 Å². The van der Waals surface area contributed by atoms with Gasteiger partial charge in [-0.3, -0.25) is 4.79 Å². The van der Waals surface area contributed by atoms with E-state index >= 15 is 0 Å². The van der Waals surface area contributed by atoms with Crippen molar-refractivity contribution in [2.75, 3.05) is 0 Å². The van der Waals surface area contributed by atoms with Crippen molar-refractivity contribution in [1.29, 1.82) is 0 Å². The second-order valence-corrected chi connectivity index (χ2v) is 9.99. The Balaban J connectivity index is 0.00000106. The predicted molar refractivity (Wildman–Crippen MR) is 127 cm³/mol. The van der Waals surface area contributed by atoms with Crippen LogP contribution in [-0.4, -0.2) is 11.1 Å². The van der Waals surface area contributed by atoms with Gasteiger partial charge in [-0.1, -0.05) is 54.6 Å². The van der Waals surface area contributed by atoms with Crippen molar-refractivity contribution in [3.63, 3.8) is 0 Å². The van der Waals surface area contributed by atoms with Crippen molar-refractivity contribution >= 4 is 29.1 Å². The summed E-state index contributed by atoms with van der Waals surface area (Å²) in [5.74, 6) is -0.881. The maximum atomic E-state index is 12.0. The second kappa shape index (κ2) is 11.8. The number of benzene rings is 3. The van der Waals surface area contributed by atoms with Gasteiger partial charge in [-0.25, -0.2) is 19.6 Å². The van der Waals surface area contributed by atoms with Gasteiger partial charge in [0.1, 0.15) is 0 Å². The number of aryl methyl sites for hydroxylation is 3. The first-order chi connectivity index (χ1) is 13.9. The number of hydrogen-bond donors (Lipinski definition) is 1. The monoisotopic (exact) mass is 509 g/mol. The van der Waals surface area contributed by atoms with Crippen LogP contribution in [0, 0.1) is 33.9 Å². The summed E-state index contributed by atoms with van der Waals surface area (Å²) in [7, 11) is -2.45. The van der Waals surface area contributed by atoms with Crippen LogP contribution in [-0.2, 0) is 25.2 Å². The standard InChI is InChI=1S/C23H23O2P.C3H5.Pd/c1-17-10-4-7-13-20(17)26(16-23(24)25,21-14-8-5-11-18(21)2)22-15-9-6-12-19(22)3;1-3-2;/h4-16H,1-3H3,(H,24,25);3H,1-2H2;/q;-1;+2. The fraction of sp³-hybridized carbons (Fsp3) is 0.115. The van der Waals surface area contributed by atoms with E-state index in [0.717, 1.165) is 32.6 Å². The smallest absolute Gasteiger partial charge is 0.501 e. The Hall–Kier alpha value is -2.30. The van der Waals surface area contributed by atoms with E-state index in [0.29, 0.717) is 0 Å². The van der Waals surface area contributed by atoms with Crippen LogP contribution in [0.2, 0.25) is 0 Å². The van der Waals surface area contributed by atoms with Crippen molar-refractivity contribution in [3.05, 3.63) is 115 Å². The minimum absolute atomic E-state index is 0. The van der Waals surface area contributed by atoms with Gasteiger partial charge in [0.2, 0.25) is 5.97 Å². The summed E-state index contributed by atoms with van der Waals surface area (Å²) in [5, 5.41) is 13.2. The molecule has 1 N–H and O–H groups in total. The molecule has 2 nitrogen and oxygen atoms in total. The number of carboxylic acid groups (broad SMARTS) is 1. The molecule has 0 saturated carbocycles. The molecule has 0 fully saturated rings. The molecule has 3 aromatic carbocycles. The van der Waals surface area contributed by atoms with E-state index in [-0.39, 0.29) is 20.4 Å². The molecule has 0 amide bonds. The first-order valence-corrected chi connectivity index (χ1v) is 11.3. The number of rotatable bonds is 5. The Labute approximate surface area is 195 Å². The van der Waals surface area contributed by atoms with Crippen LogP contribution in [0.25, 0.3) is 0 Å². The molecule has 0 aliphatic carbocycles. The molecule has 3 aromatic rings. The van der Waals surface area contributed by atoms with Gasteiger partial charge >= 0.3 is 20.4 Å². The fourth-order valence-corrected chi connectivity index (χ4v) is 8.02. The Morgan fingerprint density at radius 2 is 1.10 bits per heavy atom. The van der Waals surface area contributed by atoms with Crippen LogP contribution in [0.5, 0.6) is 0 Å². The van der Waals surface area contributed by atoms with E-state index in [1.807, 2.05) is 36.4 Å². The zero-order valence-corrected chi connectivity index (χ0v) is 20.1. The number of hydrogen-bond acceptors (Lipinski definition) is 1. The van der Waals surface area contributed by atoms with Crippen molar-refractivity contribution in [2.24, 2.45) is 0 Å². The Morgan fingerprint density at radius 3 is 1.33 bits per heavy atom. The molecule has 4 heteroatoms. The van der Waals surface area contributed by atoms with E-state index in [4.69, 9.17) is 0 Å². The van der Waals surface area contributed by atoms with Gasteiger partial charge in [0.25, 0.3) is 0 Å². The number of aliphatic carboxylic acids is 1. The molecular formula is C26H28O2PPd+. The molecule has 0 aromatic heterocycles. The summed E-state index contributed by atoms with van der Waals surface area (Å²) in [6.45, 7) is 12.7. The molecule has 0 radical (unpaired) electrons. The number of carboxylic acids is 1. The minimum Gasteiger partial charge on any atom is -0.501 e. The zero-order chi connectivity index (χ0) is 21.4. The Morgan fingerprint density at radius 1 is 0.833 bits per heavy atom. The summed E-state index contributed by atoms with van der Waals surface area (Å²) in [5.41, 5.74) is 3.35. The van der Waals surface area contributed by atoms with Crippen molar-refractivity contribution in [3.8, 4) is 0 Å². The molecule has 0 bridgehead atoms. The molecule has 0 aliphatic rings. The zero-order valence-electron chi connectivity index (χ0n) is 17.6. The number of carbonyl (C=O) groups is 1. The summed E-state index contributed by atoms with van der Waals surface area (Å²) in [6.07, 6.45) is 3.06. The molecule has 0 spiro atoms. The van der Waals surface area contributed by atoms with Crippen LogP contribution in [0.15, 0.2) is 85.5 Å². The summed E-state index contributed by atoms with van der Waals surface area (Å²) < 4.78 is 0. The van der Waals surface area contributed by atoms with Crippen LogP contribution in [0.1, 0.15) is 16.7 Å². The maximum Gasteiger partial charge on any atom is 2.00 e. The molecule has 30 heavy (non-hydrogen) atoms. The molecule has 0 saturated heterocycles. The summed E-state index contributed by atoms with van der Waals surface area (Å²) in [6, 6.07) is 24.5. The first-order valence-electron chi connectivity index (χ1n) is 9.44. The topological polar surface area (TPSA) is 37.3 Å². The maximum absolute atomic E-state index is 12.0. The molecule has 158 valence electrons. The van der Waals surface area contributed by atoms with E-state index in [9.17, 15) is 9.90 Å². The summed E-state index contributed by atoms with van der Waals surface area (Å²) in [4.78, 5) is 12.0. The SMILES string of the molecule is C=C[CH2-].Cc1ccccc1[P+]([CH-]C(=O)O)(c1ccccc1C)c1ccccc1C.[Pd+2]. The molecule has 0 atom stereocenters. The van der Waals surface area contributed by atoms with Gasteiger partial charge in [0, 0.05) is 7.26 Å². The van der Waals surface area contributed by atoms with Crippen LogP contribution in [0.3, 0.4) is 0 Å². The minimum atomic E-state index is -2.45. The fourth-order valence-electron chi connectivity index (χ4n) is 3.64. The van der Waals surface area contributed by atoms with Gasteiger partial charge in [0.05, 0.1) is 15.9 Å². The van der Waals surface area contributed by atoms with Crippen molar-refractivity contribution in [1.82, 2.24) is 0 Å². The van der Waals surface area contributed by atoms with Crippen molar-refractivity contribution in [2.45, 2.75) is 20.8 Å². The third-order valence-corrected chi connectivity index (χ3v) is 9.18. The van der Waals surface area contributed by atoms with Crippen LogP contribution < -0.4 is 15.9 Å². The average molecular weight is 510 g/mol. The van der Waals surface area contributed by atoms with Crippen LogP contribution in [0.4, 0.5) is 0 Å². The first kappa shape index (κ1) is 25.7. The van der Waals surface area contributed by atoms with Gasteiger partial charge in [-0.15, -0.1) is 6.16 Å². The molecular weight excluding hydrogens is 482 g/mol. The van der Waals surface area contributed by atoms with Crippen molar-refractivity contribution < 1.29 is 30.3 Å². The van der Waals surface area contributed by atoms with Gasteiger partial charge in [-0.2, -0.15) is 0 Å². The van der Waals surface area contributed by atoms with E-state index in [2.05, 4.69) is 70.7 Å². The molecule has 0 heterocycles. The van der Waals surface area contributed by atoms with Gasteiger partial charge in [0.15, 0.2) is 0 Å². The molecule has 0 unspecified atom stereocenters. The van der Waals surface area contributed by atoms with E-state index in [1.54, 1.807) is 6.16 Å². The Bertz CT molecular complexity index is 887. The third kappa shape index (κ3) is 5.44. The quantitative estimate of drug-likeness (QED) is 0.293.